The van der Waals surface area contributed by atoms with Crippen LogP contribution in [0, 0.1) is 0 Å². The molecule has 0 amide bonds. The lowest BCUT2D eigenvalue weighted by atomic mass is 9.94. The molecule has 2 aliphatic rings. The van der Waals surface area contributed by atoms with E-state index >= 15 is 0 Å². The molecule has 0 radical (unpaired) electrons. The minimum absolute atomic E-state index is 0.0955. The van der Waals surface area contributed by atoms with Crippen LogP contribution in [0.1, 0.15) is 49.4 Å². The van der Waals surface area contributed by atoms with Crippen LogP contribution in [-0.4, -0.2) is 23.9 Å². The molecule has 3 aromatic carbocycles. The van der Waals surface area contributed by atoms with Crippen LogP contribution in [0.2, 0.25) is 15.1 Å². The Kier molecular flexibility index (Phi) is 9.23. The number of allylic oxidation sites excluding steroid dienone is 1. The minimum Gasteiger partial charge on any atom is -0.488 e. The predicted octanol–water partition coefficient (Wildman–Crippen LogP) is 6.85. The van der Waals surface area contributed by atoms with Crippen LogP contribution in [0.4, 0.5) is 0 Å². The predicted molar refractivity (Wildman–Crippen MR) is 174 cm³/mol. The van der Waals surface area contributed by atoms with Gasteiger partial charge in [-0.2, -0.15) is 0 Å². The first kappa shape index (κ1) is 31.2. The quantitative estimate of drug-likeness (QED) is 0.179. The molecular formula is C33H27Cl3N2O6S. The highest BCUT2D eigenvalue weighted by Crippen LogP contribution is 2.39. The van der Waals surface area contributed by atoms with E-state index < -0.39 is 12.0 Å². The molecule has 4 aromatic rings. The van der Waals surface area contributed by atoms with E-state index in [-0.39, 0.29) is 25.6 Å². The fraction of sp³-hybridized carbons (Fsp3) is 0.242. The van der Waals surface area contributed by atoms with Crippen molar-refractivity contribution in [2.45, 2.75) is 39.3 Å². The van der Waals surface area contributed by atoms with Crippen molar-refractivity contribution >= 4 is 58.2 Å². The van der Waals surface area contributed by atoms with Crippen LogP contribution in [0.5, 0.6) is 17.2 Å². The van der Waals surface area contributed by atoms with Crippen molar-refractivity contribution in [3.8, 4) is 17.2 Å². The summed E-state index contributed by atoms with van der Waals surface area (Å²) < 4.78 is 24.7. The first-order valence-corrected chi connectivity index (χ1v) is 16.2. The maximum absolute atomic E-state index is 14.2. The molecule has 0 unspecified atom stereocenters. The number of halogens is 3. The van der Waals surface area contributed by atoms with Gasteiger partial charge in [0.25, 0.3) is 5.56 Å². The molecule has 2 aliphatic heterocycles. The molecule has 0 saturated carbocycles. The second-order valence-corrected chi connectivity index (χ2v) is 12.5. The lowest BCUT2D eigenvalue weighted by Crippen LogP contribution is -2.40. The van der Waals surface area contributed by atoms with Gasteiger partial charge in [0.2, 0.25) is 6.79 Å². The van der Waals surface area contributed by atoms with Crippen molar-refractivity contribution in [1.82, 2.24) is 4.57 Å². The number of aromatic nitrogens is 1. The molecule has 0 fully saturated rings. The van der Waals surface area contributed by atoms with Crippen molar-refractivity contribution in [2.75, 3.05) is 13.4 Å². The van der Waals surface area contributed by atoms with Gasteiger partial charge in [0.1, 0.15) is 12.4 Å². The highest BCUT2D eigenvalue weighted by Gasteiger charge is 2.35. The normalized spacial score (nSPS) is 15.6. The van der Waals surface area contributed by atoms with E-state index in [0.717, 1.165) is 12.0 Å². The van der Waals surface area contributed by atoms with Gasteiger partial charge < -0.3 is 18.9 Å². The summed E-state index contributed by atoms with van der Waals surface area (Å²) in [5.74, 6) is 1.13. The Bertz CT molecular complexity index is 2020. The first-order chi connectivity index (χ1) is 21.8. The molecule has 0 spiro atoms. The number of nitrogens with zero attached hydrogens (tertiary/aromatic N) is 2. The zero-order chi connectivity index (χ0) is 31.7. The summed E-state index contributed by atoms with van der Waals surface area (Å²) in [5.41, 5.74) is 2.68. The van der Waals surface area contributed by atoms with Crippen LogP contribution < -0.4 is 29.1 Å². The fourth-order valence-corrected chi connectivity index (χ4v) is 6.73. The molecule has 0 aliphatic carbocycles. The number of carbonyl (C=O) groups excluding carboxylic acids is 1. The fourth-order valence-electron chi connectivity index (χ4n) is 5.21. The smallest absolute Gasteiger partial charge is 0.338 e. The van der Waals surface area contributed by atoms with Crippen LogP contribution in [0.25, 0.3) is 6.08 Å². The highest BCUT2D eigenvalue weighted by atomic mass is 35.5. The Morgan fingerprint density at radius 2 is 1.87 bits per heavy atom. The van der Waals surface area contributed by atoms with E-state index in [4.69, 9.17) is 58.7 Å². The second-order valence-electron chi connectivity index (χ2n) is 10.2. The maximum Gasteiger partial charge on any atom is 0.338 e. The van der Waals surface area contributed by atoms with Crippen molar-refractivity contribution in [1.29, 1.82) is 0 Å². The van der Waals surface area contributed by atoms with Crippen LogP contribution in [0.3, 0.4) is 0 Å². The van der Waals surface area contributed by atoms with Crippen LogP contribution in [-0.2, 0) is 16.1 Å². The molecule has 45 heavy (non-hydrogen) atoms. The summed E-state index contributed by atoms with van der Waals surface area (Å²) in [6.07, 6.45) is 3.00. The number of carbonyl (C=O) groups is 1. The van der Waals surface area contributed by atoms with Gasteiger partial charge in [-0.15, -0.1) is 0 Å². The zero-order valence-electron chi connectivity index (χ0n) is 24.3. The molecule has 0 N–H and O–H groups in total. The summed E-state index contributed by atoms with van der Waals surface area (Å²) >= 11 is 19.8. The Morgan fingerprint density at radius 1 is 1.04 bits per heavy atom. The van der Waals surface area contributed by atoms with Crippen LogP contribution in [0.15, 0.2) is 75.7 Å². The SMILES string of the molecule is CCCC1=C(C(=O)OCC)[C@@H](c2ccc3c(c2)OCO3)n2c(s/c(=C\c3cc(Cl)ccc3OCc3ccc(Cl)c(Cl)c3)c2=O)=N1. The summed E-state index contributed by atoms with van der Waals surface area (Å²) in [6.45, 7) is 4.25. The minimum atomic E-state index is -0.789. The van der Waals surface area contributed by atoms with E-state index in [1.165, 1.54) is 11.3 Å². The second kappa shape index (κ2) is 13.3. The van der Waals surface area contributed by atoms with Gasteiger partial charge in [0.05, 0.1) is 38.5 Å². The van der Waals surface area contributed by atoms with Gasteiger partial charge in [0.15, 0.2) is 16.3 Å². The monoisotopic (exact) mass is 684 g/mol. The molecule has 1 atom stereocenters. The average molecular weight is 686 g/mol. The standard InChI is InChI=1S/C33H27Cl3N2O6S/c1-3-5-24-29(32(40)41-4-2)30(19-7-10-26-27(14-19)44-17-43-26)38-31(39)28(45-33(38)37-24)15-20-13-21(34)8-11-25(20)42-16-18-6-9-22(35)23(36)12-18/h6-15,30H,3-5,16-17H2,1-2H3/b28-15-/t30-/m1/s1. The third kappa shape index (κ3) is 6.35. The number of benzene rings is 3. The zero-order valence-corrected chi connectivity index (χ0v) is 27.4. The topological polar surface area (TPSA) is 88.4 Å². The Labute approximate surface area is 277 Å². The van der Waals surface area contributed by atoms with Gasteiger partial charge in [-0.1, -0.05) is 71.6 Å². The van der Waals surface area contributed by atoms with E-state index in [1.54, 1.807) is 60.0 Å². The number of hydrogen-bond acceptors (Lipinski definition) is 8. The van der Waals surface area contributed by atoms with Gasteiger partial charge in [-0.05, 0) is 73.0 Å². The summed E-state index contributed by atoms with van der Waals surface area (Å²) in [7, 11) is 0. The lowest BCUT2D eigenvalue weighted by molar-refractivity contribution is -0.139. The molecular weight excluding hydrogens is 659 g/mol. The van der Waals surface area contributed by atoms with Crippen molar-refractivity contribution in [3.63, 3.8) is 0 Å². The van der Waals surface area contributed by atoms with Gasteiger partial charge >= 0.3 is 5.97 Å². The summed E-state index contributed by atoms with van der Waals surface area (Å²) in [4.78, 5) is 33.0. The highest BCUT2D eigenvalue weighted by molar-refractivity contribution is 7.07. The van der Waals surface area contributed by atoms with Gasteiger partial charge in [-0.3, -0.25) is 9.36 Å². The van der Waals surface area contributed by atoms with Crippen molar-refractivity contribution in [3.05, 3.63) is 117 Å². The summed E-state index contributed by atoms with van der Waals surface area (Å²) in [5, 5.41) is 1.36. The first-order valence-electron chi connectivity index (χ1n) is 14.2. The molecule has 0 saturated heterocycles. The van der Waals surface area contributed by atoms with Gasteiger partial charge in [-0.25, -0.2) is 9.79 Å². The number of hydrogen-bond donors (Lipinski definition) is 0. The van der Waals surface area contributed by atoms with E-state index in [1.807, 2.05) is 19.1 Å². The van der Waals surface area contributed by atoms with E-state index in [0.29, 0.717) is 70.5 Å². The number of rotatable bonds is 9. The molecule has 8 nitrogen and oxygen atoms in total. The third-order valence-electron chi connectivity index (χ3n) is 7.24. The number of fused-ring (bicyclic) bond motifs is 2. The molecule has 1 aromatic heterocycles. The molecule has 232 valence electrons. The molecule has 12 heteroatoms. The van der Waals surface area contributed by atoms with Crippen molar-refractivity contribution < 1.29 is 23.7 Å². The Morgan fingerprint density at radius 3 is 2.64 bits per heavy atom. The summed E-state index contributed by atoms with van der Waals surface area (Å²) in [6, 6.07) is 15.1. The lowest BCUT2D eigenvalue weighted by Gasteiger charge is -2.25. The van der Waals surface area contributed by atoms with Gasteiger partial charge in [0, 0.05) is 10.6 Å². The number of esters is 1. The largest absolute Gasteiger partial charge is 0.488 e. The Hall–Kier alpha value is -3.76. The van der Waals surface area contributed by atoms with E-state index in [2.05, 4.69) is 0 Å². The third-order valence-corrected chi connectivity index (χ3v) is 9.20. The van der Waals surface area contributed by atoms with Crippen molar-refractivity contribution in [2.24, 2.45) is 4.99 Å². The molecule has 0 bridgehead atoms. The Balaban J connectivity index is 1.48. The molecule has 3 heterocycles. The number of thiazole rings is 1. The number of ether oxygens (including phenoxy) is 4. The van der Waals surface area contributed by atoms with E-state index in [9.17, 15) is 9.59 Å². The van der Waals surface area contributed by atoms with Crippen LogP contribution >= 0.6 is 46.1 Å². The molecule has 6 rings (SSSR count). The average Bonchev–Trinajstić information content (AvgIpc) is 3.61. The maximum atomic E-state index is 14.2.